The fourth-order valence-electron chi connectivity index (χ4n) is 2.08. The predicted octanol–water partition coefficient (Wildman–Crippen LogP) is 5.48. The van der Waals surface area contributed by atoms with E-state index in [2.05, 4.69) is 32.0 Å². The smallest absolute Gasteiger partial charge is 0.0738 e. The van der Waals surface area contributed by atoms with Gasteiger partial charge in [-0.1, -0.05) is 41.9 Å². The molecular formula is C18H12BrClN2. The molecule has 0 bridgehead atoms. The van der Waals surface area contributed by atoms with Crippen molar-refractivity contribution in [3.05, 3.63) is 93.4 Å². The lowest BCUT2D eigenvalue weighted by Gasteiger charge is -2.08. The second-order valence-electron chi connectivity index (χ2n) is 4.69. The highest BCUT2D eigenvalue weighted by molar-refractivity contribution is 9.10. The van der Waals surface area contributed by atoms with Crippen LogP contribution in [0, 0.1) is 0 Å². The number of hydrogen-bond donors (Lipinski definition) is 0. The van der Waals surface area contributed by atoms with Gasteiger partial charge in [0, 0.05) is 27.5 Å². The molecule has 108 valence electrons. The summed E-state index contributed by atoms with van der Waals surface area (Å²) in [6.45, 7) is 0. The summed E-state index contributed by atoms with van der Waals surface area (Å²) < 4.78 is 0.939. The van der Waals surface area contributed by atoms with Crippen molar-refractivity contribution in [1.82, 2.24) is 9.97 Å². The maximum Gasteiger partial charge on any atom is 0.0738 e. The van der Waals surface area contributed by atoms with E-state index in [9.17, 15) is 0 Å². The zero-order chi connectivity index (χ0) is 15.4. The first kappa shape index (κ1) is 14.9. The Kier molecular flexibility index (Phi) is 4.66. The van der Waals surface area contributed by atoms with E-state index in [0.29, 0.717) is 5.02 Å². The van der Waals surface area contributed by atoms with E-state index in [-0.39, 0.29) is 0 Å². The van der Waals surface area contributed by atoms with Crippen molar-refractivity contribution in [2.45, 2.75) is 0 Å². The lowest BCUT2D eigenvalue weighted by atomic mass is 10.0. The highest BCUT2D eigenvalue weighted by Gasteiger charge is 2.09. The first-order valence-corrected chi connectivity index (χ1v) is 7.90. The van der Waals surface area contributed by atoms with Crippen LogP contribution in [0.25, 0.3) is 11.6 Å². The molecule has 0 amide bonds. The van der Waals surface area contributed by atoms with Gasteiger partial charge in [-0.3, -0.25) is 9.97 Å². The zero-order valence-corrected chi connectivity index (χ0v) is 13.9. The summed E-state index contributed by atoms with van der Waals surface area (Å²) in [6, 6.07) is 17.6. The molecule has 2 aromatic heterocycles. The Morgan fingerprint density at radius 1 is 0.955 bits per heavy atom. The third kappa shape index (κ3) is 3.62. The molecule has 22 heavy (non-hydrogen) atoms. The second-order valence-corrected chi connectivity index (χ2v) is 6.04. The quantitative estimate of drug-likeness (QED) is 0.609. The topological polar surface area (TPSA) is 25.8 Å². The number of hydrogen-bond acceptors (Lipinski definition) is 2. The van der Waals surface area contributed by atoms with Crippen LogP contribution >= 0.6 is 27.5 Å². The highest BCUT2D eigenvalue weighted by Crippen LogP contribution is 2.25. The number of pyridine rings is 2. The fourth-order valence-corrected chi connectivity index (χ4v) is 2.48. The Morgan fingerprint density at radius 3 is 2.45 bits per heavy atom. The zero-order valence-electron chi connectivity index (χ0n) is 11.6. The average molecular weight is 372 g/mol. The molecule has 3 aromatic rings. The number of nitrogens with zero attached hydrogens (tertiary/aromatic N) is 2. The Balaban J connectivity index is 2.14. The summed E-state index contributed by atoms with van der Waals surface area (Å²) in [5, 5.41) is 0.654. The summed E-state index contributed by atoms with van der Waals surface area (Å²) >= 11 is 9.52. The van der Waals surface area contributed by atoms with Gasteiger partial charge < -0.3 is 0 Å². The summed E-state index contributed by atoms with van der Waals surface area (Å²) in [5.41, 5.74) is 3.66. The molecule has 0 fully saturated rings. The van der Waals surface area contributed by atoms with E-state index in [4.69, 9.17) is 11.6 Å². The van der Waals surface area contributed by atoms with Gasteiger partial charge in [-0.15, -0.1) is 0 Å². The van der Waals surface area contributed by atoms with Gasteiger partial charge in [-0.25, -0.2) is 0 Å². The van der Waals surface area contributed by atoms with Crippen molar-refractivity contribution in [2.24, 2.45) is 0 Å². The van der Waals surface area contributed by atoms with Crippen LogP contribution in [0.3, 0.4) is 0 Å². The minimum absolute atomic E-state index is 0.654. The van der Waals surface area contributed by atoms with Crippen molar-refractivity contribution in [3.8, 4) is 0 Å². The normalized spacial score (nSPS) is 11.5. The van der Waals surface area contributed by atoms with Gasteiger partial charge in [-0.05, 0) is 51.8 Å². The predicted molar refractivity (Wildman–Crippen MR) is 94.6 cm³/mol. The van der Waals surface area contributed by atoms with Gasteiger partial charge in [-0.2, -0.15) is 0 Å². The molecule has 0 spiro atoms. The molecule has 0 aliphatic carbocycles. The minimum Gasteiger partial charge on any atom is -0.256 e. The van der Waals surface area contributed by atoms with Crippen LogP contribution in [-0.4, -0.2) is 9.97 Å². The van der Waals surface area contributed by atoms with Crippen molar-refractivity contribution >= 4 is 39.2 Å². The molecule has 2 heterocycles. The van der Waals surface area contributed by atoms with Crippen LogP contribution in [0.4, 0.5) is 0 Å². The summed E-state index contributed by atoms with van der Waals surface area (Å²) in [4.78, 5) is 8.91. The van der Waals surface area contributed by atoms with Crippen LogP contribution < -0.4 is 0 Å². The molecule has 0 radical (unpaired) electrons. The van der Waals surface area contributed by atoms with Crippen molar-refractivity contribution in [3.63, 3.8) is 0 Å². The van der Waals surface area contributed by atoms with Crippen molar-refractivity contribution in [1.29, 1.82) is 0 Å². The molecule has 0 unspecified atom stereocenters. The Morgan fingerprint density at radius 2 is 1.77 bits per heavy atom. The lowest BCUT2D eigenvalue weighted by molar-refractivity contribution is 1.22. The van der Waals surface area contributed by atoms with E-state index in [1.54, 1.807) is 18.5 Å². The van der Waals surface area contributed by atoms with Gasteiger partial charge in [0.1, 0.15) is 0 Å². The van der Waals surface area contributed by atoms with Gasteiger partial charge >= 0.3 is 0 Å². The monoisotopic (exact) mass is 370 g/mol. The summed E-state index contributed by atoms with van der Waals surface area (Å²) in [5.74, 6) is 0. The first-order valence-electron chi connectivity index (χ1n) is 6.73. The van der Waals surface area contributed by atoms with Crippen LogP contribution in [-0.2, 0) is 0 Å². The number of aromatic nitrogens is 2. The number of halogens is 2. The largest absolute Gasteiger partial charge is 0.256 e. The van der Waals surface area contributed by atoms with E-state index < -0.39 is 0 Å². The van der Waals surface area contributed by atoms with E-state index in [1.165, 1.54) is 0 Å². The van der Waals surface area contributed by atoms with Crippen molar-refractivity contribution < 1.29 is 0 Å². The standard InChI is InChI=1S/C18H12BrClN2/c19-14-6-7-17(22-12-14)16(10-13-4-2-1-3-5-13)18-11-15(20)8-9-21-18/h1-12H. The van der Waals surface area contributed by atoms with Crippen LogP contribution in [0.1, 0.15) is 17.0 Å². The van der Waals surface area contributed by atoms with E-state index in [1.807, 2.05) is 48.5 Å². The van der Waals surface area contributed by atoms with E-state index in [0.717, 1.165) is 27.0 Å². The molecule has 1 aromatic carbocycles. The fraction of sp³-hybridized carbons (Fsp3) is 0. The van der Waals surface area contributed by atoms with Gasteiger partial charge in [0.15, 0.2) is 0 Å². The molecule has 0 aliphatic heterocycles. The molecule has 0 atom stereocenters. The maximum absolute atomic E-state index is 6.11. The van der Waals surface area contributed by atoms with Crippen LogP contribution in [0.5, 0.6) is 0 Å². The maximum atomic E-state index is 6.11. The Bertz CT molecular complexity index is 799. The lowest BCUT2D eigenvalue weighted by Crippen LogP contribution is -1.94. The summed E-state index contributed by atoms with van der Waals surface area (Å²) in [6.07, 6.45) is 5.54. The average Bonchev–Trinajstić information content (AvgIpc) is 2.55. The molecule has 3 rings (SSSR count). The molecule has 0 N–H and O–H groups in total. The van der Waals surface area contributed by atoms with Gasteiger partial charge in [0.25, 0.3) is 0 Å². The third-order valence-electron chi connectivity index (χ3n) is 3.11. The number of benzene rings is 1. The van der Waals surface area contributed by atoms with Gasteiger partial charge in [0.05, 0.1) is 11.4 Å². The Labute approximate surface area is 142 Å². The molecule has 0 saturated carbocycles. The highest BCUT2D eigenvalue weighted by atomic mass is 79.9. The van der Waals surface area contributed by atoms with E-state index >= 15 is 0 Å². The van der Waals surface area contributed by atoms with Crippen molar-refractivity contribution in [2.75, 3.05) is 0 Å². The van der Waals surface area contributed by atoms with Crippen LogP contribution in [0.15, 0.2) is 71.5 Å². The third-order valence-corrected chi connectivity index (χ3v) is 3.82. The second kappa shape index (κ2) is 6.86. The van der Waals surface area contributed by atoms with Crippen LogP contribution in [0.2, 0.25) is 5.02 Å². The molecular weight excluding hydrogens is 360 g/mol. The SMILES string of the molecule is Clc1ccnc(C(=Cc2ccccc2)c2ccc(Br)cn2)c1. The minimum atomic E-state index is 0.654. The molecule has 0 saturated heterocycles. The molecule has 2 nitrogen and oxygen atoms in total. The first-order chi connectivity index (χ1) is 10.7. The molecule has 0 aliphatic rings. The molecule has 4 heteroatoms. The Hall–Kier alpha value is -1.97. The number of rotatable bonds is 3. The summed E-state index contributed by atoms with van der Waals surface area (Å²) in [7, 11) is 0. The van der Waals surface area contributed by atoms with Gasteiger partial charge in [0.2, 0.25) is 0 Å².